The molecule has 1 aromatic carbocycles. The van der Waals surface area contributed by atoms with Crippen molar-refractivity contribution in [2.24, 2.45) is 0 Å². The minimum absolute atomic E-state index is 0.00148. The van der Waals surface area contributed by atoms with Gasteiger partial charge in [0.25, 0.3) is 11.5 Å². The minimum atomic E-state index is -0.521. The third-order valence-electron chi connectivity index (χ3n) is 5.11. The van der Waals surface area contributed by atoms with Gasteiger partial charge in [-0.25, -0.2) is 4.98 Å². The molecule has 3 heterocycles. The summed E-state index contributed by atoms with van der Waals surface area (Å²) < 4.78 is 7.36. The first-order chi connectivity index (χ1) is 14.0. The largest absolute Gasteiger partial charge is 0.481 e. The molecule has 0 spiro atoms. The zero-order valence-corrected chi connectivity index (χ0v) is 17.4. The van der Waals surface area contributed by atoms with Crippen LogP contribution in [-0.4, -0.2) is 57.4 Å². The number of piperazine rings is 1. The molecule has 0 radical (unpaired) electrons. The first-order valence-electron chi connectivity index (χ1n) is 9.70. The van der Waals surface area contributed by atoms with Crippen molar-refractivity contribution in [3.05, 3.63) is 63.5 Å². The number of fused-ring (bicyclic) bond motifs is 1. The van der Waals surface area contributed by atoms with Gasteiger partial charge in [-0.3, -0.25) is 18.9 Å². The van der Waals surface area contributed by atoms with Gasteiger partial charge < -0.3 is 9.64 Å². The van der Waals surface area contributed by atoms with Crippen molar-refractivity contribution >= 4 is 22.2 Å². The number of carbonyl (C=O) groups excluding carboxylic acids is 1. The summed E-state index contributed by atoms with van der Waals surface area (Å²) in [7, 11) is 0. The molecule has 1 aliphatic heterocycles. The van der Waals surface area contributed by atoms with E-state index in [9.17, 15) is 9.59 Å². The summed E-state index contributed by atoms with van der Waals surface area (Å²) in [6, 6.07) is 9.31. The molecule has 1 aliphatic rings. The van der Waals surface area contributed by atoms with E-state index < -0.39 is 6.10 Å². The molecular formula is C21H24N4O3S. The maximum atomic E-state index is 12.7. The van der Waals surface area contributed by atoms with E-state index >= 15 is 0 Å². The highest BCUT2D eigenvalue weighted by Gasteiger charge is 2.26. The van der Waals surface area contributed by atoms with E-state index in [2.05, 4.69) is 9.88 Å². The van der Waals surface area contributed by atoms with E-state index in [1.807, 2.05) is 41.5 Å². The molecule has 0 bridgehead atoms. The van der Waals surface area contributed by atoms with Gasteiger partial charge in [0.05, 0.1) is 5.69 Å². The molecule has 1 atom stereocenters. The van der Waals surface area contributed by atoms with Gasteiger partial charge >= 0.3 is 0 Å². The molecule has 2 aromatic heterocycles. The van der Waals surface area contributed by atoms with Gasteiger partial charge in [0.2, 0.25) is 0 Å². The van der Waals surface area contributed by atoms with Crippen molar-refractivity contribution in [1.29, 1.82) is 0 Å². The van der Waals surface area contributed by atoms with Crippen LogP contribution in [0.3, 0.4) is 0 Å². The Bertz CT molecular complexity index is 1050. The molecule has 152 valence electrons. The summed E-state index contributed by atoms with van der Waals surface area (Å²) in [5.41, 5.74) is 1.87. The normalized spacial score (nSPS) is 16.1. The maximum absolute atomic E-state index is 12.7. The van der Waals surface area contributed by atoms with Crippen LogP contribution in [0.2, 0.25) is 0 Å². The molecule has 8 heteroatoms. The lowest BCUT2D eigenvalue weighted by molar-refractivity contribution is -0.139. The van der Waals surface area contributed by atoms with Gasteiger partial charge in [-0.05, 0) is 26.0 Å². The van der Waals surface area contributed by atoms with Gasteiger partial charge in [-0.2, -0.15) is 0 Å². The van der Waals surface area contributed by atoms with Gasteiger partial charge in [-0.15, -0.1) is 11.3 Å². The summed E-state index contributed by atoms with van der Waals surface area (Å²) in [5.74, 6) is 0.706. The average molecular weight is 413 g/mol. The molecule has 0 saturated carbocycles. The lowest BCUT2D eigenvalue weighted by Gasteiger charge is -2.35. The molecule has 4 rings (SSSR count). The Morgan fingerprint density at radius 2 is 1.93 bits per heavy atom. The van der Waals surface area contributed by atoms with Crippen LogP contribution in [-0.2, 0) is 11.3 Å². The number of amides is 1. The molecule has 0 unspecified atom stereocenters. The third kappa shape index (κ3) is 4.49. The molecule has 0 aliphatic carbocycles. The Balaban J connectivity index is 1.31. The number of aryl methyl sites for hydroxylation is 1. The first-order valence-corrected chi connectivity index (χ1v) is 10.6. The minimum Gasteiger partial charge on any atom is -0.481 e. The van der Waals surface area contributed by atoms with Crippen LogP contribution in [0.4, 0.5) is 0 Å². The molecule has 29 heavy (non-hydrogen) atoms. The molecule has 7 nitrogen and oxygen atoms in total. The Labute approximate surface area is 173 Å². The van der Waals surface area contributed by atoms with Crippen LogP contribution < -0.4 is 10.3 Å². The molecular weight excluding hydrogens is 388 g/mol. The number of carbonyl (C=O) groups is 1. The highest BCUT2D eigenvalue weighted by atomic mass is 32.1. The Morgan fingerprint density at radius 1 is 1.21 bits per heavy atom. The summed E-state index contributed by atoms with van der Waals surface area (Å²) in [6.07, 6.45) is 1.22. The van der Waals surface area contributed by atoms with Gasteiger partial charge in [0, 0.05) is 50.4 Å². The number of ether oxygens (including phenoxy) is 1. The number of benzene rings is 1. The summed E-state index contributed by atoms with van der Waals surface area (Å²) >= 11 is 1.45. The van der Waals surface area contributed by atoms with E-state index in [1.54, 1.807) is 23.6 Å². The summed E-state index contributed by atoms with van der Waals surface area (Å²) in [6.45, 7) is 7.19. The van der Waals surface area contributed by atoms with Crippen LogP contribution in [0.1, 0.15) is 18.2 Å². The number of rotatable bonds is 5. The molecule has 1 saturated heterocycles. The fourth-order valence-corrected chi connectivity index (χ4v) is 4.19. The van der Waals surface area contributed by atoms with Crippen molar-refractivity contribution < 1.29 is 9.53 Å². The zero-order chi connectivity index (χ0) is 20.4. The predicted molar refractivity (Wildman–Crippen MR) is 112 cm³/mol. The van der Waals surface area contributed by atoms with E-state index in [0.29, 0.717) is 30.3 Å². The second-order valence-electron chi connectivity index (χ2n) is 7.32. The zero-order valence-electron chi connectivity index (χ0n) is 16.6. The predicted octanol–water partition coefficient (Wildman–Crippen LogP) is 2.18. The van der Waals surface area contributed by atoms with Crippen LogP contribution >= 0.6 is 11.3 Å². The molecule has 0 N–H and O–H groups in total. The fourth-order valence-electron chi connectivity index (χ4n) is 3.45. The van der Waals surface area contributed by atoms with Crippen LogP contribution in [0, 0.1) is 6.92 Å². The monoisotopic (exact) mass is 412 g/mol. The van der Waals surface area contributed by atoms with Crippen molar-refractivity contribution in [3.8, 4) is 5.75 Å². The number of nitrogens with zero attached hydrogens (tertiary/aromatic N) is 4. The van der Waals surface area contributed by atoms with E-state index in [4.69, 9.17) is 4.74 Å². The number of hydrogen-bond donors (Lipinski definition) is 0. The van der Waals surface area contributed by atoms with Gasteiger partial charge in [-0.1, -0.05) is 17.7 Å². The Hall–Kier alpha value is -2.71. The quantitative estimate of drug-likeness (QED) is 0.643. The lowest BCUT2D eigenvalue weighted by Crippen LogP contribution is -2.51. The number of aromatic nitrogens is 2. The molecule has 1 fully saturated rings. The maximum Gasteiger partial charge on any atom is 0.263 e. The highest BCUT2D eigenvalue weighted by Crippen LogP contribution is 2.15. The average Bonchev–Trinajstić information content (AvgIpc) is 3.19. The van der Waals surface area contributed by atoms with E-state index in [0.717, 1.165) is 24.3 Å². The molecule has 1 amide bonds. The Morgan fingerprint density at radius 3 is 2.66 bits per heavy atom. The van der Waals surface area contributed by atoms with Gasteiger partial charge in [0.15, 0.2) is 11.1 Å². The SMILES string of the molecule is Cc1ccc(O[C@H](C)C(=O)N2CCN(Cc3cc(=O)n4ccsc4n3)CC2)cc1. The topological polar surface area (TPSA) is 67.2 Å². The second kappa shape index (κ2) is 8.34. The third-order valence-corrected chi connectivity index (χ3v) is 5.86. The lowest BCUT2D eigenvalue weighted by atomic mass is 10.2. The van der Waals surface area contributed by atoms with Crippen molar-refractivity contribution in [2.75, 3.05) is 26.2 Å². The second-order valence-corrected chi connectivity index (χ2v) is 8.19. The Kier molecular flexibility index (Phi) is 5.64. The fraction of sp³-hybridized carbons (Fsp3) is 0.381. The van der Waals surface area contributed by atoms with E-state index in [1.165, 1.54) is 11.3 Å². The van der Waals surface area contributed by atoms with Gasteiger partial charge in [0.1, 0.15) is 5.75 Å². The number of hydrogen-bond acceptors (Lipinski definition) is 6. The van der Waals surface area contributed by atoms with Crippen LogP contribution in [0.5, 0.6) is 5.75 Å². The van der Waals surface area contributed by atoms with E-state index in [-0.39, 0.29) is 11.5 Å². The van der Waals surface area contributed by atoms with Crippen molar-refractivity contribution in [3.63, 3.8) is 0 Å². The van der Waals surface area contributed by atoms with Crippen LogP contribution in [0.15, 0.2) is 46.7 Å². The standard InChI is InChI=1S/C21H24N4O3S/c1-15-3-5-18(6-4-15)28-16(2)20(27)24-9-7-23(8-10-24)14-17-13-19(26)25-11-12-29-21(25)22-17/h3-6,11-13,16H,7-10,14H2,1-2H3/t16-/m1/s1. The van der Waals surface area contributed by atoms with Crippen molar-refractivity contribution in [2.45, 2.75) is 26.5 Å². The van der Waals surface area contributed by atoms with Crippen LogP contribution in [0.25, 0.3) is 4.96 Å². The summed E-state index contributed by atoms with van der Waals surface area (Å²) in [4.78, 5) is 34.2. The number of thiazole rings is 1. The smallest absolute Gasteiger partial charge is 0.263 e. The highest BCUT2D eigenvalue weighted by molar-refractivity contribution is 7.15. The van der Waals surface area contributed by atoms with Crippen molar-refractivity contribution in [1.82, 2.24) is 19.2 Å². The summed E-state index contributed by atoms with van der Waals surface area (Å²) in [5, 5.41) is 1.86. The first kappa shape index (κ1) is 19.6. The molecule has 3 aromatic rings.